The number of methoxy groups -OCH3 is 4. The first-order chi connectivity index (χ1) is 18.9. The van der Waals surface area contributed by atoms with E-state index in [9.17, 15) is 14.4 Å². The molecule has 0 aromatic heterocycles. The average Bonchev–Trinajstić information content (AvgIpc) is 3.38. The van der Waals surface area contributed by atoms with Gasteiger partial charge in [0.2, 0.25) is 0 Å². The van der Waals surface area contributed by atoms with Gasteiger partial charge in [0.1, 0.15) is 28.6 Å². The van der Waals surface area contributed by atoms with Gasteiger partial charge in [-0.05, 0) is 54.6 Å². The number of rotatable bonds is 7. The first-order valence-corrected chi connectivity index (χ1v) is 11.9. The van der Waals surface area contributed by atoms with E-state index in [2.05, 4.69) is 0 Å². The number of hydrogen-bond acceptors (Lipinski definition) is 8. The third-order valence-electron chi connectivity index (χ3n) is 6.47. The molecule has 0 fully saturated rings. The lowest BCUT2D eigenvalue weighted by Crippen LogP contribution is -2.25. The minimum absolute atomic E-state index is 0.0131. The highest BCUT2D eigenvalue weighted by Gasteiger charge is 2.37. The Morgan fingerprint density at radius 2 is 1.28 bits per heavy atom. The molecule has 3 aromatic rings. The molecule has 0 N–H and O–H groups in total. The van der Waals surface area contributed by atoms with Gasteiger partial charge in [-0.1, -0.05) is 18.2 Å². The maximum Gasteiger partial charge on any atom is 0.356 e. The zero-order chi connectivity index (χ0) is 27.7. The van der Waals surface area contributed by atoms with Crippen LogP contribution < -0.4 is 9.47 Å². The molecular formula is C30H24N2O7. The van der Waals surface area contributed by atoms with E-state index in [-0.39, 0.29) is 22.4 Å². The molecule has 0 aliphatic carbocycles. The molecule has 0 atom stereocenters. The fourth-order valence-corrected chi connectivity index (χ4v) is 4.63. The van der Waals surface area contributed by atoms with Crippen LogP contribution in [0, 0.1) is 0 Å². The standard InChI is InChI=1S/C30H24N2O7/c1-36-19-13-9-17(10-14-19)27(33)24-23-21-7-5-6-8-22(21)31-28(23)32(18-11-15-20(37-2)16-12-18)26(30(35)39-4)25(24)29(34)38-3/h5-16H,1-4H3. The second-order valence-corrected chi connectivity index (χ2v) is 8.50. The van der Waals surface area contributed by atoms with Crippen molar-refractivity contribution in [1.82, 2.24) is 9.55 Å². The lowest BCUT2D eigenvalue weighted by Gasteiger charge is -2.23. The van der Waals surface area contributed by atoms with Crippen molar-refractivity contribution in [2.45, 2.75) is 0 Å². The van der Waals surface area contributed by atoms with Gasteiger partial charge < -0.3 is 18.9 Å². The first kappa shape index (κ1) is 25.5. The van der Waals surface area contributed by atoms with E-state index in [0.29, 0.717) is 39.5 Å². The summed E-state index contributed by atoms with van der Waals surface area (Å²) in [5, 5.41) is 0.633. The molecule has 196 valence electrons. The van der Waals surface area contributed by atoms with Crippen molar-refractivity contribution < 1.29 is 33.3 Å². The number of hydrogen-bond donors (Lipinski definition) is 0. The Labute approximate surface area is 223 Å². The van der Waals surface area contributed by atoms with E-state index >= 15 is 0 Å². The van der Waals surface area contributed by atoms with Crippen molar-refractivity contribution in [1.29, 1.82) is 0 Å². The summed E-state index contributed by atoms with van der Waals surface area (Å²) in [5.74, 6) is -0.758. The molecule has 0 radical (unpaired) electrons. The van der Waals surface area contributed by atoms with Gasteiger partial charge in [0.15, 0.2) is 5.78 Å². The third kappa shape index (κ3) is 4.23. The molecule has 0 unspecified atom stereocenters. The van der Waals surface area contributed by atoms with Gasteiger partial charge in [-0.2, -0.15) is 0 Å². The van der Waals surface area contributed by atoms with Crippen LogP contribution in [0.4, 0.5) is 0 Å². The number of pyridine rings is 1. The number of ketones is 1. The molecule has 2 heterocycles. The molecule has 0 amide bonds. The zero-order valence-corrected chi connectivity index (χ0v) is 21.7. The predicted molar refractivity (Wildman–Crippen MR) is 143 cm³/mol. The molecule has 2 aliphatic rings. The molecule has 3 aromatic carbocycles. The molecule has 39 heavy (non-hydrogen) atoms. The van der Waals surface area contributed by atoms with Crippen LogP contribution in [0.5, 0.6) is 11.5 Å². The maximum atomic E-state index is 14.2. The van der Waals surface area contributed by atoms with E-state index in [0.717, 1.165) is 0 Å². The van der Waals surface area contributed by atoms with Crippen LogP contribution in [-0.4, -0.2) is 55.7 Å². The Balaban J connectivity index is 1.98. The minimum atomic E-state index is -0.873. The summed E-state index contributed by atoms with van der Waals surface area (Å²) in [6.07, 6.45) is 0. The van der Waals surface area contributed by atoms with E-state index in [1.165, 1.54) is 25.9 Å². The highest BCUT2D eigenvalue weighted by Crippen LogP contribution is 2.41. The summed E-state index contributed by atoms with van der Waals surface area (Å²) < 4.78 is 22.3. The smallest absolute Gasteiger partial charge is 0.356 e. The third-order valence-corrected chi connectivity index (χ3v) is 6.47. The lowest BCUT2D eigenvalue weighted by molar-refractivity contribution is 0.0545. The number of carbonyl (C=O) groups is 3. The molecule has 0 saturated heterocycles. The monoisotopic (exact) mass is 524 g/mol. The van der Waals surface area contributed by atoms with Crippen molar-refractivity contribution in [3.63, 3.8) is 0 Å². The Morgan fingerprint density at radius 3 is 1.87 bits per heavy atom. The zero-order valence-electron chi connectivity index (χ0n) is 21.7. The van der Waals surface area contributed by atoms with Crippen LogP contribution in [0.25, 0.3) is 28.0 Å². The normalized spacial score (nSPS) is 10.9. The average molecular weight is 525 g/mol. The minimum Gasteiger partial charge on any atom is -0.497 e. The number of ether oxygens (including phenoxy) is 4. The van der Waals surface area contributed by atoms with Gasteiger partial charge in [-0.15, -0.1) is 0 Å². The Bertz CT molecular complexity index is 1690. The van der Waals surface area contributed by atoms with Gasteiger partial charge >= 0.3 is 11.9 Å². The second kappa shape index (κ2) is 10.3. The summed E-state index contributed by atoms with van der Waals surface area (Å²) in [5.41, 5.74) is 1.32. The second-order valence-electron chi connectivity index (χ2n) is 8.50. The van der Waals surface area contributed by atoms with E-state index in [4.69, 9.17) is 23.9 Å². The van der Waals surface area contributed by atoms with Crippen LogP contribution in [0.15, 0.2) is 72.8 Å². The van der Waals surface area contributed by atoms with Crippen LogP contribution in [-0.2, 0) is 9.47 Å². The quantitative estimate of drug-likeness (QED) is 0.217. The predicted octanol–water partition coefficient (Wildman–Crippen LogP) is 4.95. The van der Waals surface area contributed by atoms with Crippen LogP contribution >= 0.6 is 0 Å². The molecule has 2 aliphatic heterocycles. The van der Waals surface area contributed by atoms with Crippen LogP contribution in [0.3, 0.4) is 0 Å². The Kier molecular flexibility index (Phi) is 6.72. The molecule has 0 spiro atoms. The Morgan fingerprint density at radius 1 is 0.692 bits per heavy atom. The number of para-hydroxylation sites is 1. The summed E-state index contributed by atoms with van der Waals surface area (Å²) in [4.78, 5) is 45.8. The first-order valence-electron chi connectivity index (χ1n) is 11.9. The van der Waals surface area contributed by atoms with E-state index in [1.54, 1.807) is 61.7 Å². The fraction of sp³-hybridized carbons (Fsp3) is 0.133. The van der Waals surface area contributed by atoms with E-state index < -0.39 is 17.7 Å². The number of nitrogens with zero attached hydrogens (tertiary/aromatic N) is 2. The van der Waals surface area contributed by atoms with Gasteiger partial charge in [0, 0.05) is 22.2 Å². The van der Waals surface area contributed by atoms with Gasteiger partial charge in [-0.25, -0.2) is 14.6 Å². The molecule has 0 bridgehead atoms. The molecule has 9 nitrogen and oxygen atoms in total. The summed E-state index contributed by atoms with van der Waals surface area (Å²) in [7, 11) is 5.45. The molecule has 9 heteroatoms. The number of aromatic nitrogens is 2. The van der Waals surface area contributed by atoms with Gasteiger partial charge in [-0.3, -0.25) is 9.36 Å². The molecule has 5 rings (SSSR count). The largest absolute Gasteiger partial charge is 0.497 e. The summed E-state index contributed by atoms with van der Waals surface area (Å²) in [6, 6.07) is 20.6. The van der Waals surface area contributed by atoms with Crippen molar-refractivity contribution in [2.24, 2.45) is 0 Å². The summed E-state index contributed by atoms with van der Waals surface area (Å²) >= 11 is 0. The number of fused-ring (bicyclic) bond motifs is 3. The molecular weight excluding hydrogens is 500 g/mol. The van der Waals surface area contributed by atoms with Crippen LogP contribution in [0.2, 0.25) is 0 Å². The topological polar surface area (TPSA) is 106 Å². The highest BCUT2D eigenvalue weighted by atomic mass is 16.5. The van der Waals surface area contributed by atoms with E-state index in [1.807, 2.05) is 18.2 Å². The SMILES string of the molecule is COC(=O)c1c(C(=O)c2ccc(OC)cc2)c2c3ccccc3nc-2n(-c2ccc(OC)cc2)c1C(=O)OC. The van der Waals surface area contributed by atoms with Crippen molar-refractivity contribution in [3.05, 3.63) is 95.2 Å². The summed E-state index contributed by atoms with van der Waals surface area (Å²) in [6.45, 7) is 0. The van der Waals surface area contributed by atoms with Gasteiger partial charge in [0.25, 0.3) is 0 Å². The van der Waals surface area contributed by atoms with Crippen molar-refractivity contribution >= 4 is 28.6 Å². The van der Waals surface area contributed by atoms with Gasteiger partial charge in [0.05, 0.1) is 39.5 Å². The number of carbonyl (C=O) groups excluding carboxylic acids is 3. The molecule has 0 saturated carbocycles. The maximum absolute atomic E-state index is 14.2. The van der Waals surface area contributed by atoms with Crippen molar-refractivity contribution in [2.75, 3.05) is 28.4 Å². The Hall–Kier alpha value is -5.18. The van der Waals surface area contributed by atoms with Crippen LogP contribution in [0.1, 0.15) is 36.8 Å². The highest BCUT2D eigenvalue weighted by molar-refractivity contribution is 6.23. The number of esters is 2. The lowest BCUT2D eigenvalue weighted by atomic mass is 9.90. The number of benzene rings is 3. The fourth-order valence-electron chi connectivity index (χ4n) is 4.63. The van der Waals surface area contributed by atoms with Crippen molar-refractivity contribution in [3.8, 4) is 28.6 Å².